The molecule has 16 heavy (non-hydrogen) atoms. The van der Waals surface area contributed by atoms with E-state index in [1.165, 1.54) is 6.33 Å². The zero-order chi connectivity index (χ0) is 11.5. The van der Waals surface area contributed by atoms with Crippen LogP contribution >= 0.6 is 0 Å². The number of nitrogens with zero attached hydrogens (tertiary/aromatic N) is 2. The van der Waals surface area contributed by atoms with E-state index in [2.05, 4.69) is 15.3 Å². The second-order valence-corrected chi connectivity index (χ2v) is 3.33. The first-order valence-corrected chi connectivity index (χ1v) is 5.50. The Morgan fingerprint density at radius 3 is 2.94 bits per heavy atom. The normalized spacial score (nSPS) is 10.3. The number of nitrogens with one attached hydrogen (secondary N) is 1. The van der Waals surface area contributed by atoms with E-state index in [4.69, 9.17) is 9.47 Å². The fraction of sp³-hybridized carbons (Fsp3) is 0.636. The van der Waals surface area contributed by atoms with Gasteiger partial charge in [0.15, 0.2) is 0 Å². The van der Waals surface area contributed by atoms with E-state index in [1.54, 1.807) is 13.3 Å². The number of unbranched alkanes of at least 4 members (excludes halogenated alkanes) is 1. The molecule has 0 aliphatic heterocycles. The monoisotopic (exact) mass is 225 g/mol. The number of aromatic nitrogens is 2. The minimum atomic E-state index is 0.666. The average Bonchev–Trinajstić information content (AvgIpc) is 2.34. The maximum Gasteiger partial charge on any atom is 0.129 e. The van der Waals surface area contributed by atoms with Crippen LogP contribution in [-0.4, -0.2) is 43.4 Å². The molecular weight excluding hydrogens is 206 g/mol. The maximum atomic E-state index is 5.35. The Balaban J connectivity index is 1.89. The molecule has 1 heterocycles. The second-order valence-electron chi connectivity index (χ2n) is 3.33. The van der Waals surface area contributed by atoms with Gasteiger partial charge >= 0.3 is 0 Å². The standard InChI is InChI=1S/C11H19N3O2/c1-15-8-9-16-7-3-2-5-13-11-4-6-12-10-14-11/h4,6,10H,2-3,5,7-9H2,1H3,(H,12,13,14). The minimum Gasteiger partial charge on any atom is -0.382 e. The van der Waals surface area contributed by atoms with Crippen LogP contribution in [0, 0.1) is 0 Å². The molecule has 90 valence electrons. The molecule has 0 spiro atoms. The fourth-order valence-electron chi connectivity index (χ4n) is 1.19. The van der Waals surface area contributed by atoms with Crippen LogP contribution in [-0.2, 0) is 9.47 Å². The van der Waals surface area contributed by atoms with E-state index in [9.17, 15) is 0 Å². The Hall–Kier alpha value is -1.20. The molecule has 0 amide bonds. The Morgan fingerprint density at radius 1 is 1.25 bits per heavy atom. The van der Waals surface area contributed by atoms with Gasteiger partial charge in [-0.2, -0.15) is 0 Å². The first-order valence-electron chi connectivity index (χ1n) is 5.50. The number of methoxy groups -OCH3 is 1. The van der Waals surface area contributed by atoms with E-state index in [0.29, 0.717) is 13.2 Å². The lowest BCUT2D eigenvalue weighted by atomic mass is 10.3. The van der Waals surface area contributed by atoms with E-state index >= 15 is 0 Å². The highest BCUT2D eigenvalue weighted by Crippen LogP contribution is 1.98. The molecule has 0 saturated carbocycles. The lowest BCUT2D eigenvalue weighted by molar-refractivity contribution is 0.0691. The van der Waals surface area contributed by atoms with Crippen molar-refractivity contribution in [1.82, 2.24) is 9.97 Å². The summed E-state index contributed by atoms with van der Waals surface area (Å²) in [6.45, 7) is 3.04. The summed E-state index contributed by atoms with van der Waals surface area (Å²) in [5.74, 6) is 0.871. The molecule has 0 bridgehead atoms. The topological polar surface area (TPSA) is 56.3 Å². The molecule has 1 aromatic heterocycles. The number of ether oxygens (including phenoxy) is 2. The Labute approximate surface area is 96.2 Å². The van der Waals surface area contributed by atoms with Gasteiger partial charge in [0.05, 0.1) is 13.2 Å². The molecule has 0 aliphatic rings. The third-order valence-corrected chi connectivity index (χ3v) is 2.04. The van der Waals surface area contributed by atoms with Crippen molar-refractivity contribution < 1.29 is 9.47 Å². The molecule has 1 N–H and O–H groups in total. The van der Waals surface area contributed by atoms with Crippen LogP contribution in [0.2, 0.25) is 0 Å². The predicted octanol–water partition coefficient (Wildman–Crippen LogP) is 1.33. The summed E-state index contributed by atoms with van der Waals surface area (Å²) in [5.41, 5.74) is 0. The molecule has 0 fully saturated rings. The summed E-state index contributed by atoms with van der Waals surface area (Å²) >= 11 is 0. The number of rotatable bonds is 9. The van der Waals surface area contributed by atoms with Gasteiger partial charge in [-0.05, 0) is 18.9 Å². The SMILES string of the molecule is COCCOCCCCNc1ccncn1. The van der Waals surface area contributed by atoms with Crippen LogP contribution in [0.1, 0.15) is 12.8 Å². The van der Waals surface area contributed by atoms with Crippen molar-refractivity contribution in [3.8, 4) is 0 Å². The van der Waals surface area contributed by atoms with Crippen LogP contribution in [0.4, 0.5) is 5.82 Å². The van der Waals surface area contributed by atoms with Crippen molar-refractivity contribution in [2.24, 2.45) is 0 Å². The van der Waals surface area contributed by atoms with Gasteiger partial charge in [-0.3, -0.25) is 0 Å². The van der Waals surface area contributed by atoms with Crippen LogP contribution in [0.3, 0.4) is 0 Å². The predicted molar refractivity (Wildman–Crippen MR) is 62.5 cm³/mol. The lowest BCUT2D eigenvalue weighted by Gasteiger charge is -2.05. The second kappa shape index (κ2) is 9.06. The molecule has 0 atom stereocenters. The Morgan fingerprint density at radius 2 is 2.19 bits per heavy atom. The number of hydrogen-bond donors (Lipinski definition) is 1. The number of anilines is 1. The molecule has 0 aliphatic carbocycles. The van der Waals surface area contributed by atoms with Crippen molar-refractivity contribution in [3.05, 3.63) is 18.6 Å². The van der Waals surface area contributed by atoms with Crippen LogP contribution in [0.15, 0.2) is 18.6 Å². The first kappa shape index (κ1) is 12.9. The highest BCUT2D eigenvalue weighted by atomic mass is 16.5. The summed E-state index contributed by atoms with van der Waals surface area (Å²) < 4.78 is 10.2. The lowest BCUT2D eigenvalue weighted by Crippen LogP contribution is -2.06. The largest absolute Gasteiger partial charge is 0.382 e. The average molecular weight is 225 g/mol. The zero-order valence-corrected chi connectivity index (χ0v) is 9.69. The molecule has 1 rings (SSSR count). The molecule has 0 aromatic carbocycles. The van der Waals surface area contributed by atoms with Gasteiger partial charge in [0.2, 0.25) is 0 Å². The smallest absolute Gasteiger partial charge is 0.129 e. The minimum absolute atomic E-state index is 0.666. The summed E-state index contributed by atoms with van der Waals surface area (Å²) in [7, 11) is 1.68. The summed E-state index contributed by atoms with van der Waals surface area (Å²) in [6.07, 6.45) is 5.37. The third-order valence-electron chi connectivity index (χ3n) is 2.04. The van der Waals surface area contributed by atoms with E-state index in [1.807, 2.05) is 6.07 Å². The van der Waals surface area contributed by atoms with Crippen molar-refractivity contribution in [2.45, 2.75) is 12.8 Å². The van der Waals surface area contributed by atoms with E-state index < -0.39 is 0 Å². The highest BCUT2D eigenvalue weighted by molar-refractivity contribution is 5.30. The van der Waals surface area contributed by atoms with E-state index in [-0.39, 0.29) is 0 Å². The molecule has 1 aromatic rings. The molecule has 5 heteroatoms. The van der Waals surface area contributed by atoms with Crippen molar-refractivity contribution in [3.63, 3.8) is 0 Å². The van der Waals surface area contributed by atoms with Gasteiger partial charge in [-0.25, -0.2) is 9.97 Å². The first-order chi connectivity index (χ1) is 7.93. The summed E-state index contributed by atoms with van der Waals surface area (Å²) in [4.78, 5) is 7.92. The quantitative estimate of drug-likeness (QED) is 0.642. The van der Waals surface area contributed by atoms with E-state index in [0.717, 1.165) is 31.8 Å². The third kappa shape index (κ3) is 6.31. The van der Waals surface area contributed by atoms with Crippen molar-refractivity contribution >= 4 is 5.82 Å². The molecule has 0 radical (unpaired) electrons. The fourth-order valence-corrected chi connectivity index (χ4v) is 1.19. The van der Waals surface area contributed by atoms with Gasteiger partial charge in [-0.15, -0.1) is 0 Å². The molecule has 0 saturated heterocycles. The Kier molecular flexibility index (Phi) is 7.28. The zero-order valence-electron chi connectivity index (χ0n) is 9.69. The molecular formula is C11H19N3O2. The van der Waals surface area contributed by atoms with Gasteiger partial charge < -0.3 is 14.8 Å². The van der Waals surface area contributed by atoms with Crippen molar-refractivity contribution in [2.75, 3.05) is 38.8 Å². The molecule has 0 unspecified atom stereocenters. The number of hydrogen-bond acceptors (Lipinski definition) is 5. The van der Waals surface area contributed by atoms with Gasteiger partial charge in [0, 0.05) is 26.5 Å². The maximum absolute atomic E-state index is 5.35. The van der Waals surface area contributed by atoms with Gasteiger partial charge in [0.1, 0.15) is 12.1 Å². The van der Waals surface area contributed by atoms with Crippen LogP contribution in [0.5, 0.6) is 0 Å². The van der Waals surface area contributed by atoms with Crippen molar-refractivity contribution in [1.29, 1.82) is 0 Å². The summed E-state index contributed by atoms with van der Waals surface area (Å²) in [6, 6.07) is 1.86. The van der Waals surface area contributed by atoms with Gasteiger partial charge in [0.25, 0.3) is 0 Å². The highest BCUT2D eigenvalue weighted by Gasteiger charge is 1.92. The van der Waals surface area contributed by atoms with Crippen LogP contribution in [0.25, 0.3) is 0 Å². The van der Waals surface area contributed by atoms with Gasteiger partial charge in [-0.1, -0.05) is 0 Å². The van der Waals surface area contributed by atoms with Crippen LogP contribution < -0.4 is 5.32 Å². The molecule has 5 nitrogen and oxygen atoms in total. The Bertz CT molecular complexity index is 257. The summed E-state index contributed by atoms with van der Waals surface area (Å²) in [5, 5.41) is 3.22.